The van der Waals surface area contributed by atoms with Gasteiger partial charge in [0.2, 0.25) is 0 Å². The number of hydrogen-bond acceptors (Lipinski definition) is 2. The molecule has 0 spiro atoms. The van der Waals surface area contributed by atoms with Crippen LogP contribution in [-0.2, 0) is 6.42 Å². The van der Waals surface area contributed by atoms with E-state index in [0.717, 1.165) is 18.9 Å². The first kappa shape index (κ1) is 10.4. The van der Waals surface area contributed by atoms with Gasteiger partial charge in [-0.05, 0) is 18.4 Å². The Bertz CT molecular complexity index is 338. The van der Waals surface area contributed by atoms with Crippen molar-refractivity contribution in [3.8, 4) is 0 Å². The summed E-state index contributed by atoms with van der Waals surface area (Å²) in [6, 6.07) is 2.72. The van der Waals surface area contributed by atoms with E-state index in [0.29, 0.717) is 6.04 Å². The minimum absolute atomic E-state index is 0.561. The van der Waals surface area contributed by atoms with Crippen molar-refractivity contribution in [2.24, 2.45) is 5.92 Å². The van der Waals surface area contributed by atoms with Gasteiger partial charge in [-0.2, -0.15) is 0 Å². The Kier molecular flexibility index (Phi) is 3.00. The van der Waals surface area contributed by atoms with Gasteiger partial charge in [0.25, 0.3) is 0 Å². The van der Waals surface area contributed by atoms with Crippen LogP contribution in [0.15, 0.2) is 16.7 Å². The van der Waals surface area contributed by atoms with Gasteiger partial charge in [-0.15, -0.1) is 0 Å². The maximum Gasteiger partial charge on any atom is 0.109 e. The van der Waals surface area contributed by atoms with Crippen molar-refractivity contribution in [3.63, 3.8) is 0 Å². The van der Waals surface area contributed by atoms with Gasteiger partial charge in [0, 0.05) is 24.6 Å². The molecule has 1 saturated carbocycles. The Morgan fingerprint density at radius 1 is 1.25 bits per heavy atom. The van der Waals surface area contributed by atoms with Crippen LogP contribution in [-0.4, -0.2) is 6.54 Å². The van der Waals surface area contributed by atoms with Crippen LogP contribution in [0.3, 0.4) is 0 Å². The van der Waals surface area contributed by atoms with Crippen LogP contribution in [0.1, 0.15) is 55.9 Å². The van der Waals surface area contributed by atoms with Gasteiger partial charge in [-0.1, -0.05) is 32.1 Å². The lowest BCUT2D eigenvalue weighted by atomic mass is 9.82. The van der Waals surface area contributed by atoms with E-state index in [9.17, 15) is 0 Å². The molecule has 1 aliphatic heterocycles. The normalized spacial score (nSPS) is 26.6. The molecule has 2 heterocycles. The first-order valence-electron chi connectivity index (χ1n) is 6.73. The standard InChI is InChI=1S/C14H21NO/c1-2-4-11(5-3-1)10-13-12-7-9-16-14(12)6-8-15-13/h7,9,11,13,15H,1-6,8,10H2. The Balaban J connectivity index is 1.67. The molecule has 16 heavy (non-hydrogen) atoms. The van der Waals surface area contributed by atoms with Crippen molar-refractivity contribution >= 4 is 0 Å². The molecule has 1 fully saturated rings. The Morgan fingerprint density at radius 3 is 3.00 bits per heavy atom. The summed E-state index contributed by atoms with van der Waals surface area (Å²) in [5.41, 5.74) is 1.43. The second-order valence-electron chi connectivity index (χ2n) is 5.30. The lowest BCUT2D eigenvalue weighted by Crippen LogP contribution is -2.30. The number of hydrogen-bond donors (Lipinski definition) is 1. The number of rotatable bonds is 2. The second-order valence-corrected chi connectivity index (χ2v) is 5.30. The van der Waals surface area contributed by atoms with Gasteiger partial charge in [0.15, 0.2) is 0 Å². The molecule has 0 amide bonds. The smallest absolute Gasteiger partial charge is 0.109 e. The van der Waals surface area contributed by atoms with E-state index >= 15 is 0 Å². The van der Waals surface area contributed by atoms with Gasteiger partial charge in [0.05, 0.1) is 6.26 Å². The molecule has 1 aromatic heterocycles. The predicted octanol–water partition coefficient (Wildman–Crippen LogP) is 3.44. The minimum Gasteiger partial charge on any atom is -0.469 e. The lowest BCUT2D eigenvalue weighted by molar-refractivity contribution is 0.291. The van der Waals surface area contributed by atoms with E-state index in [-0.39, 0.29) is 0 Å². The molecule has 2 nitrogen and oxygen atoms in total. The highest BCUT2D eigenvalue weighted by molar-refractivity contribution is 5.24. The lowest BCUT2D eigenvalue weighted by Gasteiger charge is -2.29. The quantitative estimate of drug-likeness (QED) is 0.824. The molecule has 1 aliphatic carbocycles. The molecule has 3 rings (SSSR count). The molecule has 0 aromatic carbocycles. The van der Waals surface area contributed by atoms with Crippen molar-refractivity contribution in [1.29, 1.82) is 0 Å². The fourth-order valence-electron chi connectivity index (χ4n) is 3.30. The Labute approximate surface area is 97.4 Å². The van der Waals surface area contributed by atoms with Gasteiger partial charge >= 0.3 is 0 Å². The fraction of sp³-hybridized carbons (Fsp3) is 0.714. The largest absolute Gasteiger partial charge is 0.469 e. The zero-order valence-electron chi connectivity index (χ0n) is 9.87. The third kappa shape index (κ3) is 2.03. The topological polar surface area (TPSA) is 25.2 Å². The van der Waals surface area contributed by atoms with E-state index in [1.807, 2.05) is 6.26 Å². The Morgan fingerprint density at radius 2 is 2.12 bits per heavy atom. The molecule has 0 bridgehead atoms. The molecule has 88 valence electrons. The monoisotopic (exact) mass is 219 g/mol. The third-order valence-corrected chi connectivity index (χ3v) is 4.19. The molecule has 0 radical (unpaired) electrons. The summed E-state index contributed by atoms with van der Waals surface area (Å²) in [6.45, 7) is 1.08. The van der Waals surface area contributed by atoms with Crippen molar-refractivity contribution < 1.29 is 4.42 Å². The number of furan rings is 1. The van der Waals surface area contributed by atoms with Crippen molar-refractivity contribution in [2.75, 3.05) is 6.54 Å². The maximum absolute atomic E-state index is 5.54. The van der Waals surface area contributed by atoms with Gasteiger partial charge in [-0.3, -0.25) is 0 Å². The molecule has 2 heteroatoms. The zero-order chi connectivity index (χ0) is 10.8. The second kappa shape index (κ2) is 4.62. The average Bonchev–Trinajstić information content (AvgIpc) is 2.80. The molecule has 1 aromatic rings. The van der Waals surface area contributed by atoms with E-state index in [1.165, 1.54) is 49.8 Å². The first-order valence-corrected chi connectivity index (χ1v) is 6.73. The third-order valence-electron chi connectivity index (χ3n) is 4.19. The zero-order valence-corrected chi connectivity index (χ0v) is 9.87. The molecular formula is C14H21NO. The van der Waals surface area contributed by atoms with Crippen LogP contribution in [0, 0.1) is 5.92 Å². The predicted molar refractivity (Wildman–Crippen MR) is 64.3 cm³/mol. The molecule has 2 aliphatic rings. The summed E-state index contributed by atoms with van der Waals surface area (Å²) in [7, 11) is 0. The van der Waals surface area contributed by atoms with Crippen LogP contribution in [0.25, 0.3) is 0 Å². The van der Waals surface area contributed by atoms with Gasteiger partial charge in [-0.25, -0.2) is 0 Å². The van der Waals surface area contributed by atoms with E-state index in [2.05, 4.69) is 11.4 Å². The highest BCUT2D eigenvalue weighted by atomic mass is 16.3. The summed E-state index contributed by atoms with van der Waals surface area (Å²) < 4.78 is 5.54. The summed E-state index contributed by atoms with van der Waals surface area (Å²) in [4.78, 5) is 0. The van der Waals surface area contributed by atoms with Crippen LogP contribution in [0.5, 0.6) is 0 Å². The molecule has 0 saturated heterocycles. The number of nitrogens with one attached hydrogen (secondary N) is 1. The van der Waals surface area contributed by atoms with Gasteiger partial charge < -0.3 is 9.73 Å². The van der Waals surface area contributed by atoms with Crippen LogP contribution >= 0.6 is 0 Å². The first-order chi connectivity index (χ1) is 7.93. The van der Waals surface area contributed by atoms with E-state index < -0.39 is 0 Å². The summed E-state index contributed by atoms with van der Waals surface area (Å²) in [6.07, 6.45) is 11.4. The number of fused-ring (bicyclic) bond motifs is 1. The fourth-order valence-corrected chi connectivity index (χ4v) is 3.30. The average molecular weight is 219 g/mol. The van der Waals surface area contributed by atoms with Crippen molar-refractivity contribution in [3.05, 3.63) is 23.7 Å². The molecule has 1 N–H and O–H groups in total. The maximum atomic E-state index is 5.54. The van der Waals surface area contributed by atoms with Crippen LogP contribution in [0.2, 0.25) is 0 Å². The SMILES string of the molecule is c1cc2c(o1)CCNC2CC1CCCCC1. The minimum atomic E-state index is 0.561. The molecular weight excluding hydrogens is 198 g/mol. The summed E-state index contributed by atoms with van der Waals surface area (Å²) >= 11 is 0. The van der Waals surface area contributed by atoms with E-state index in [4.69, 9.17) is 4.42 Å². The van der Waals surface area contributed by atoms with Crippen molar-refractivity contribution in [1.82, 2.24) is 5.32 Å². The van der Waals surface area contributed by atoms with E-state index in [1.54, 1.807) is 0 Å². The molecule has 1 atom stereocenters. The van der Waals surface area contributed by atoms with Crippen LogP contribution < -0.4 is 5.32 Å². The summed E-state index contributed by atoms with van der Waals surface area (Å²) in [5, 5.41) is 3.65. The van der Waals surface area contributed by atoms with Crippen LogP contribution in [0.4, 0.5) is 0 Å². The Hall–Kier alpha value is -0.760. The van der Waals surface area contributed by atoms with Crippen molar-refractivity contribution in [2.45, 2.75) is 51.0 Å². The highest BCUT2D eigenvalue weighted by Gasteiger charge is 2.25. The highest BCUT2D eigenvalue weighted by Crippen LogP contribution is 2.34. The summed E-state index contributed by atoms with van der Waals surface area (Å²) in [5.74, 6) is 2.16. The van der Waals surface area contributed by atoms with Gasteiger partial charge in [0.1, 0.15) is 5.76 Å². The molecule has 1 unspecified atom stereocenters.